The molecule has 6 nitrogen and oxygen atoms in total. The SMILES string of the molecule is C[C@@H](C(=O)NS(=O)(=O)c1cnn(C)c1)c1ccc(Cl)s1. The number of aromatic nitrogens is 2. The number of hydrogen-bond acceptors (Lipinski definition) is 5. The predicted molar refractivity (Wildman–Crippen MR) is 76.3 cm³/mol. The van der Waals surface area contributed by atoms with Crippen molar-refractivity contribution in [3.05, 3.63) is 33.7 Å². The molecule has 0 saturated heterocycles. The van der Waals surface area contributed by atoms with E-state index in [-0.39, 0.29) is 4.90 Å². The topological polar surface area (TPSA) is 81.1 Å². The summed E-state index contributed by atoms with van der Waals surface area (Å²) in [5, 5.41) is 3.77. The first-order valence-electron chi connectivity index (χ1n) is 5.60. The number of aryl methyl sites for hydroxylation is 1. The molecule has 9 heteroatoms. The van der Waals surface area contributed by atoms with Crippen LogP contribution in [0.4, 0.5) is 0 Å². The minimum Gasteiger partial charge on any atom is -0.274 e. The molecule has 0 radical (unpaired) electrons. The summed E-state index contributed by atoms with van der Waals surface area (Å²) in [4.78, 5) is 12.6. The standard InChI is InChI=1S/C11H12ClN3O3S2/c1-7(9-3-4-10(12)19-9)11(16)14-20(17,18)8-5-13-15(2)6-8/h3-7H,1-2H3,(H,14,16)/t7-/m1/s1. The van der Waals surface area contributed by atoms with E-state index in [1.54, 1.807) is 26.1 Å². The van der Waals surface area contributed by atoms with Crippen molar-refractivity contribution in [2.45, 2.75) is 17.7 Å². The van der Waals surface area contributed by atoms with Crippen LogP contribution in [0.15, 0.2) is 29.4 Å². The van der Waals surface area contributed by atoms with Crippen molar-refractivity contribution in [2.75, 3.05) is 0 Å². The maximum atomic E-state index is 12.0. The third-order valence-corrected chi connectivity index (χ3v) is 5.36. The highest BCUT2D eigenvalue weighted by atomic mass is 35.5. The van der Waals surface area contributed by atoms with Gasteiger partial charge in [-0.15, -0.1) is 11.3 Å². The molecular formula is C11H12ClN3O3S2. The number of thiophene rings is 1. The second-order valence-corrected chi connectivity index (χ2v) is 7.61. The van der Waals surface area contributed by atoms with E-state index >= 15 is 0 Å². The van der Waals surface area contributed by atoms with E-state index < -0.39 is 21.8 Å². The summed E-state index contributed by atoms with van der Waals surface area (Å²) in [5.74, 6) is -1.20. The Hall–Kier alpha value is -1.38. The van der Waals surface area contributed by atoms with Gasteiger partial charge in [0, 0.05) is 18.1 Å². The van der Waals surface area contributed by atoms with Gasteiger partial charge in [-0.25, -0.2) is 13.1 Å². The van der Waals surface area contributed by atoms with Crippen LogP contribution >= 0.6 is 22.9 Å². The molecule has 108 valence electrons. The fourth-order valence-electron chi connectivity index (χ4n) is 1.51. The van der Waals surface area contributed by atoms with Gasteiger partial charge in [-0.1, -0.05) is 11.6 Å². The van der Waals surface area contributed by atoms with Gasteiger partial charge in [0.1, 0.15) is 4.90 Å². The maximum absolute atomic E-state index is 12.0. The van der Waals surface area contributed by atoms with Crippen molar-refractivity contribution in [3.8, 4) is 0 Å². The quantitative estimate of drug-likeness (QED) is 0.924. The van der Waals surface area contributed by atoms with E-state index in [1.807, 2.05) is 4.72 Å². The van der Waals surface area contributed by atoms with Gasteiger partial charge in [0.2, 0.25) is 5.91 Å². The van der Waals surface area contributed by atoms with Gasteiger partial charge >= 0.3 is 0 Å². The van der Waals surface area contributed by atoms with E-state index in [9.17, 15) is 13.2 Å². The van der Waals surface area contributed by atoms with E-state index in [0.717, 1.165) is 0 Å². The molecule has 2 rings (SSSR count). The van der Waals surface area contributed by atoms with Crippen LogP contribution in [-0.2, 0) is 21.9 Å². The molecule has 1 N–H and O–H groups in total. The number of nitrogens with one attached hydrogen (secondary N) is 1. The second kappa shape index (κ2) is 5.55. The number of carbonyl (C=O) groups excluding carboxylic acids is 1. The van der Waals surface area contributed by atoms with Crippen molar-refractivity contribution in [1.29, 1.82) is 0 Å². The van der Waals surface area contributed by atoms with Gasteiger partial charge in [0.05, 0.1) is 16.5 Å². The molecular weight excluding hydrogens is 322 g/mol. The first kappa shape index (κ1) is 15.0. The summed E-state index contributed by atoms with van der Waals surface area (Å²) in [6.45, 7) is 1.62. The molecule has 0 aliphatic carbocycles. The molecule has 0 spiro atoms. The monoisotopic (exact) mass is 333 g/mol. The van der Waals surface area contributed by atoms with Crippen molar-refractivity contribution < 1.29 is 13.2 Å². The molecule has 1 atom stereocenters. The van der Waals surface area contributed by atoms with Gasteiger partial charge in [0.15, 0.2) is 0 Å². The Morgan fingerprint density at radius 1 is 1.50 bits per heavy atom. The van der Waals surface area contributed by atoms with Gasteiger partial charge in [-0.2, -0.15) is 5.10 Å². The molecule has 0 aliphatic heterocycles. The Kier molecular flexibility index (Phi) is 4.17. The van der Waals surface area contributed by atoms with Crippen LogP contribution < -0.4 is 4.72 Å². The zero-order valence-electron chi connectivity index (χ0n) is 10.7. The molecule has 0 aromatic carbocycles. The summed E-state index contributed by atoms with van der Waals surface area (Å²) >= 11 is 7.04. The molecule has 0 saturated carbocycles. The lowest BCUT2D eigenvalue weighted by molar-refractivity contribution is -0.120. The number of halogens is 1. The molecule has 2 heterocycles. The summed E-state index contributed by atoms with van der Waals surface area (Å²) in [5.41, 5.74) is 0. The maximum Gasteiger partial charge on any atom is 0.267 e. The first-order valence-corrected chi connectivity index (χ1v) is 8.28. The highest BCUT2D eigenvalue weighted by Crippen LogP contribution is 2.28. The van der Waals surface area contributed by atoms with E-state index in [4.69, 9.17) is 11.6 Å². The number of rotatable bonds is 4. The number of sulfonamides is 1. The lowest BCUT2D eigenvalue weighted by atomic mass is 10.1. The van der Waals surface area contributed by atoms with Crippen molar-refractivity contribution in [1.82, 2.24) is 14.5 Å². The second-order valence-electron chi connectivity index (χ2n) is 4.18. The van der Waals surface area contributed by atoms with E-state index in [1.165, 1.54) is 28.4 Å². The van der Waals surface area contributed by atoms with Gasteiger partial charge < -0.3 is 0 Å². The summed E-state index contributed by atoms with van der Waals surface area (Å²) in [7, 11) is -2.30. The van der Waals surface area contributed by atoms with Crippen LogP contribution in [-0.4, -0.2) is 24.1 Å². The molecule has 20 heavy (non-hydrogen) atoms. The number of carbonyl (C=O) groups is 1. The van der Waals surface area contributed by atoms with Crippen LogP contribution in [0, 0.1) is 0 Å². The number of hydrogen-bond donors (Lipinski definition) is 1. The zero-order valence-corrected chi connectivity index (χ0v) is 13.1. The van der Waals surface area contributed by atoms with Crippen LogP contribution in [0.5, 0.6) is 0 Å². The highest BCUT2D eigenvalue weighted by Gasteiger charge is 2.24. The lowest BCUT2D eigenvalue weighted by Gasteiger charge is -2.10. The largest absolute Gasteiger partial charge is 0.274 e. The Bertz CT molecular complexity index is 736. The minimum absolute atomic E-state index is 0.0511. The van der Waals surface area contributed by atoms with Crippen LogP contribution in [0.3, 0.4) is 0 Å². The Labute approximate surface area is 125 Å². The molecule has 0 fully saturated rings. The number of amides is 1. The number of nitrogens with zero attached hydrogens (tertiary/aromatic N) is 2. The molecule has 1 amide bonds. The molecule has 2 aromatic rings. The van der Waals surface area contributed by atoms with Gasteiger partial charge in [-0.3, -0.25) is 9.48 Å². The summed E-state index contributed by atoms with van der Waals surface area (Å²) in [6.07, 6.45) is 2.50. The summed E-state index contributed by atoms with van der Waals surface area (Å²) < 4.78 is 27.9. The first-order chi connectivity index (χ1) is 9.29. The Morgan fingerprint density at radius 3 is 2.70 bits per heavy atom. The predicted octanol–water partition coefficient (Wildman–Crippen LogP) is 1.74. The van der Waals surface area contributed by atoms with Crippen molar-refractivity contribution in [3.63, 3.8) is 0 Å². The average Bonchev–Trinajstić information content (AvgIpc) is 2.96. The summed E-state index contributed by atoms with van der Waals surface area (Å²) in [6, 6.07) is 3.37. The van der Waals surface area contributed by atoms with Crippen molar-refractivity contribution in [2.24, 2.45) is 7.05 Å². The molecule has 2 aromatic heterocycles. The Balaban J connectivity index is 2.15. The van der Waals surface area contributed by atoms with E-state index in [0.29, 0.717) is 9.21 Å². The highest BCUT2D eigenvalue weighted by molar-refractivity contribution is 7.90. The average molecular weight is 334 g/mol. The smallest absolute Gasteiger partial charge is 0.267 e. The molecule has 0 bridgehead atoms. The van der Waals surface area contributed by atoms with E-state index in [2.05, 4.69) is 5.10 Å². The zero-order chi connectivity index (χ0) is 14.9. The fourth-order valence-corrected chi connectivity index (χ4v) is 3.66. The van der Waals surface area contributed by atoms with Crippen LogP contribution in [0.25, 0.3) is 0 Å². The van der Waals surface area contributed by atoms with Crippen LogP contribution in [0.2, 0.25) is 4.34 Å². The minimum atomic E-state index is -3.90. The third kappa shape index (κ3) is 3.20. The van der Waals surface area contributed by atoms with Crippen LogP contribution in [0.1, 0.15) is 17.7 Å². The third-order valence-electron chi connectivity index (χ3n) is 2.64. The molecule has 0 aliphatic rings. The lowest BCUT2D eigenvalue weighted by Crippen LogP contribution is -2.33. The van der Waals surface area contributed by atoms with Gasteiger partial charge in [-0.05, 0) is 19.1 Å². The van der Waals surface area contributed by atoms with Crippen molar-refractivity contribution >= 4 is 38.9 Å². The fraction of sp³-hybridized carbons (Fsp3) is 0.273. The Morgan fingerprint density at radius 2 is 2.20 bits per heavy atom. The normalized spacial score (nSPS) is 13.2. The van der Waals surface area contributed by atoms with Gasteiger partial charge in [0.25, 0.3) is 10.0 Å². The molecule has 0 unspecified atom stereocenters.